The van der Waals surface area contributed by atoms with Gasteiger partial charge in [0.25, 0.3) is 0 Å². The highest BCUT2D eigenvalue weighted by Gasteiger charge is 2.28. The Balaban J connectivity index is 2.25. The minimum absolute atomic E-state index is 0.217. The lowest BCUT2D eigenvalue weighted by atomic mass is 9.81. The van der Waals surface area contributed by atoms with Gasteiger partial charge in [-0.2, -0.15) is 0 Å². The van der Waals surface area contributed by atoms with E-state index in [1.807, 2.05) is 41.5 Å². The summed E-state index contributed by atoms with van der Waals surface area (Å²) in [6.45, 7) is 14.8. The molecular weight excluding hydrogens is 498 g/mol. The molecule has 1 aromatic rings. The SMILES string of the molecule is CCCCCCCCCCCCCCCCCCOP(OF)Oc1cc(C(C)(C)C)c(O)cc1C(C)(C)C. The summed E-state index contributed by atoms with van der Waals surface area (Å²) in [7, 11) is -2.15. The minimum atomic E-state index is -2.15. The second-order valence-electron chi connectivity index (χ2n) is 12.9. The van der Waals surface area contributed by atoms with Crippen LogP contribution in [0.1, 0.15) is 162 Å². The lowest BCUT2D eigenvalue weighted by molar-refractivity contribution is -0.0255. The Morgan fingerprint density at radius 1 is 0.658 bits per heavy atom. The zero-order valence-corrected chi connectivity index (χ0v) is 26.6. The van der Waals surface area contributed by atoms with Gasteiger partial charge in [0.2, 0.25) is 0 Å². The van der Waals surface area contributed by atoms with Gasteiger partial charge in [-0.3, -0.25) is 0 Å². The van der Waals surface area contributed by atoms with E-state index < -0.39 is 8.60 Å². The molecule has 0 aliphatic heterocycles. The van der Waals surface area contributed by atoms with Crippen LogP contribution in [0.4, 0.5) is 4.53 Å². The average Bonchev–Trinajstić information content (AvgIpc) is 2.84. The molecule has 0 aliphatic carbocycles. The van der Waals surface area contributed by atoms with Crippen molar-refractivity contribution < 1.29 is 23.4 Å². The van der Waals surface area contributed by atoms with Crippen molar-refractivity contribution in [2.24, 2.45) is 0 Å². The molecule has 222 valence electrons. The molecule has 1 atom stereocenters. The highest BCUT2D eigenvalue weighted by atomic mass is 31.2. The number of unbranched alkanes of at least 4 members (excludes halogenated alkanes) is 15. The average molecular weight is 557 g/mol. The molecule has 38 heavy (non-hydrogen) atoms. The van der Waals surface area contributed by atoms with Crippen molar-refractivity contribution in [1.82, 2.24) is 0 Å². The van der Waals surface area contributed by atoms with Gasteiger partial charge in [-0.1, -0.05) is 150 Å². The molecular formula is C32H58FO4P. The molecule has 0 spiro atoms. The van der Waals surface area contributed by atoms with E-state index in [0.29, 0.717) is 12.4 Å². The predicted molar refractivity (Wildman–Crippen MR) is 161 cm³/mol. The van der Waals surface area contributed by atoms with E-state index in [9.17, 15) is 9.63 Å². The Bertz CT molecular complexity index is 742. The van der Waals surface area contributed by atoms with Crippen LogP contribution in [-0.2, 0) is 20.1 Å². The zero-order valence-electron chi connectivity index (χ0n) is 25.7. The van der Waals surface area contributed by atoms with Crippen molar-refractivity contribution in [3.8, 4) is 11.5 Å². The molecule has 4 nitrogen and oxygen atoms in total. The third-order valence-electron chi connectivity index (χ3n) is 7.14. The summed E-state index contributed by atoms with van der Waals surface area (Å²) in [5, 5.41) is 10.6. The van der Waals surface area contributed by atoms with E-state index in [4.69, 9.17) is 9.05 Å². The summed E-state index contributed by atoms with van der Waals surface area (Å²) in [6.07, 6.45) is 20.9. The molecule has 0 fully saturated rings. The number of hydrogen-bond acceptors (Lipinski definition) is 4. The van der Waals surface area contributed by atoms with Crippen molar-refractivity contribution in [3.05, 3.63) is 23.3 Å². The molecule has 0 amide bonds. The monoisotopic (exact) mass is 556 g/mol. The van der Waals surface area contributed by atoms with Crippen LogP contribution in [0.15, 0.2) is 12.1 Å². The van der Waals surface area contributed by atoms with Crippen molar-refractivity contribution in [2.45, 2.75) is 162 Å². The second kappa shape index (κ2) is 19.2. The van der Waals surface area contributed by atoms with E-state index in [0.717, 1.165) is 24.0 Å². The smallest absolute Gasteiger partial charge is 0.431 e. The molecule has 0 radical (unpaired) electrons. The van der Waals surface area contributed by atoms with Crippen LogP contribution >= 0.6 is 8.60 Å². The third kappa shape index (κ3) is 15.0. The van der Waals surface area contributed by atoms with Gasteiger partial charge in [0.05, 0.1) is 6.61 Å². The van der Waals surface area contributed by atoms with Crippen LogP contribution in [0.3, 0.4) is 0 Å². The number of benzene rings is 1. The van der Waals surface area contributed by atoms with Gasteiger partial charge in [-0.05, 0) is 33.9 Å². The van der Waals surface area contributed by atoms with Crippen molar-refractivity contribution >= 4 is 8.60 Å². The molecule has 1 rings (SSSR count). The lowest BCUT2D eigenvalue weighted by Gasteiger charge is -2.28. The lowest BCUT2D eigenvalue weighted by Crippen LogP contribution is -2.16. The Hall–Kier alpha value is -0.900. The minimum Gasteiger partial charge on any atom is -0.508 e. The first-order valence-electron chi connectivity index (χ1n) is 15.3. The van der Waals surface area contributed by atoms with Crippen molar-refractivity contribution in [2.75, 3.05) is 6.61 Å². The van der Waals surface area contributed by atoms with E-state index in [1.165, 1.54) is 89.9 Å². The number of halogens is 1. The van der Waals surface area contributed by atoms with Crippen molar-refractivity contribution in [3.63, 3.8) is 0 Å². The van der Waals surface area contributed by atoms with Gasteiger partial charge in [0.15, 0.2) is 0 Å². The summed E-state index contributed by atoms with van der Waals surface area (Å²) < 4.78 is 28.9. The maximum atomic E-state index is 13.3. The number of rotatable bonds is 21. The molecule has 0 aromatic heterocycles. The van der Waals surface area contributed by atoms with Crippen LogP contribution < -0.4 is 4.52 Å². The fourth-order valence-electron chi connectivity index (χ4n) is 4.76. The van der Waals surface area contributed by atoms with Gasteiger partial charge < -0.3 is 14.2 Å². The summed E-state index contributed by atoms with van der Waals surface area (Å²) in [5.74, 6) is 0.713. The van der Waals surface area contributed by atoms with Gasteiger partial charge in [0.1, 0.15) is 11.5 Å². The van der Waals surface area contributed by atoms with Crippen LogP contribution in [0.5, 0.6) is 11.5 Å². The molecule has 0 heterocycles. The molecule has 0 saturated carbocycles. The quantitative estimate of drug-likeness (QED) is 0.121. The van der Waals surface area contributed by atoms with Gasteiger partial charge in [-0.25, -0.2) is 0 Å². The number of phenols is 1. The van der Waals surface area contributed by atoms with Crippen LogP contribution in [0.25, 0.3) is 0 Å². The van der Waals surface area contributed by atoms with Gasteiger partial charge in [-0.15, -0.1) is 0 Å². The van der Waals surface area contributed by atoms with E-state index >= 15 is 0 Å². The highest BCUT2D eigenvalue weighted by molar-refractivity contribution is 7.42. The van der Waals surface area contributed by atoms with E-state index in [2.05, 4.69) is 11.7 Å². The number of phenolic OH excluding ortho intramolecular Hbond substituents is 1. The standard InChI is InChI=1S/C32H58FO4P/c1-8-9-10-11-12-13-14-15-16-17-18-19-20-21-22-23-24-35-38(37-33)36-30-26-27(31(2,3)4)29(34)25-28(30)32(5,6)7/h25-26,34H,8-24H2,1-7H3. The first-order valence-corrected chi connectivity index (χ1v) is 16.4. The van der Waals surface area contributed by atoms with Crippen molar-refractivity contribution in [1.29, 1.82) is 0 Å². The van der Waals surface area contributed by atoms with Crippen LogP contribution in [0, 0.1) is 0 Å². The first kappa shape index (κ1) is 35.1. The molecule has 1 aromatic carbocycles. The maximum absolute atomic E-state index is 13.3. The first-order chi connectivity index (χ1) is 18.0. The van der Waals surface area contributed by atoms with E-state index in [-0.39, 0.29) is 16.6 Å². The van der Waals surface area contributed by atoms with Gasteiger partial charge in [0, 0.05) is 11.1 Å². The fourth-order valence-corrected chi connectivity index (χ4v) is 5.47. The third-order valence-corrected chi connectivity index (χ3v) is 7.99. The second-order valence-corrected chi connectivity index (χ2v) is 13.9. The fraction of sp³-hybridized carbons (Fsp3) is 0.812. The summed E-state index contributed by atoms with van der Waals surface area (Å²) in [5.41, 5.74) is 0.950. The molecule has 0 bridgehead atoms. The Morgan fingerprint density at radius 3 is 1.47 bits per heavy atom. The van der Waals surface area contributed by atoms with Gasteiger partial charge >= 0.3 is 8.60 Å². The summed E-state index contributed by atoms with van der Waals surface area (Å²) in [4.78, 5) is 0. The summed E-state index contributed by atoms with van der Waals surface area (Å²) in [6, 6.07) is 3.51. The molecule has 0 saturated heterocycles. The molecule has 1 N–H and O–H groups in total. The topological polar surface area (TPSA) is 47.9 Å². The van der Waals surface area contributed by atoms with Crippen LogP contribution in [0.2, 0.25) is 0 Å². The number of aromatic hydroxyl groups is 1. The maximum Gasteiger partial charge on any atom is 0.431 e. The van der Waals surface area contributed by atoms with E-state index in [1.54, 1.807) is 12.1 Å². The predicted octanol–water partition coefficient (Wildman–Crippen LogP) is 11.8. The molecule has 1 unspecified atom stereocenters. The summed E-state index contributed by atoms with van der Waals surface area (Å²) >= 11 is 0. The Morgan fingerprint density at radius 2 is 1.08 bits per heavy atom. The molecule has 6 heteroatoms. The largest absolute Gasteiger partial charge is 0.508 e. The number of hydrogen-bond donors (Lipinski definition) is 1. The molecule has 0 aliphatic rings. The Kier molecular flexibility index (Phi) is 17.8. The van der Waals surface area contributed by atoms with Crippen LogP contribution in [-0.4, -0.2) is 11.7 Å². The zero-order chi connectivity index (χ0) is 28.4. The normalized spacial score (nSPS) is 13.2. The highest BCUT2D eigenvalue weighted by Crippen LogP contribution is 2.47. The Labute approximate surface area is 235 Å².